The average Bonchev–Trinajstić information content (AvgIpc) is 2.36. The Morgan fingerprint density at radius 2 is 1.74 bits per heavy atom. The van der Waals surface area contributed by atoms with Crippen LogP contribution in [0.25, 0.3) is 0 Å². The number of alkyl halides is 1. The van der Waals surface area contributed by atoms with E-state index in [1.54, 1.807) is 0 Å². The van der Waals surface area contributed by atoms with Crippen molar-refractivity contribution < 1.29 is 9.22 Å². The second-order valence-electron chi connectivity index (χ2n) is 5.58. The highest BCUT2D eigenvalue weighted by molar-refractivity contribution is 9.09. The van der Waals surface area contributed by atoms with Crippen LogP contribution in [-0.2, 0) is 9.22 Å². The van der Waals surface area contributed by atoms with Gasteiger partial charge in [0.1, 0.15) is 0 Å². The molecule has 0 saturated heterocycles. The quantitative estimate of drug-likeness (QED) is 0.217. The van der Waals surface area contributed by atoms with Gasteiger partial charge in [0.05, 0.1) is 0 Å². The minimum atomic E-state index is -1.79. The van der Waals surface area contributed by atoms with Crippen LogP contribution in [-0.4, -0.2) is 19.2 Å². The Balaban J connectivity index is 3.48. The van der Waals surface area contributed by atoms with Crippen LogP contribution in [0.15, 0.2) is 12.2 Å². The van der Waals surface area contributed by atoms with Crippen LogP contribution in [0.5, 0.6) is 0 Å². The van der Waals surface area contributed by atoms with Gasteiger partial charge in [0, 0.05) is 11.4 Å². The molecule has 0 aliphatic rings. The maximum Gasteiger partial charge on any atom is 0.292 e. The van der Waals surface area contributed by atoms with E-state index in [0.717, 1.165) is 17.8 Å². The molecule has 0 saturated carbocycles. The highest BCUT2D eigenvalue weighted by atomic mass is 79.9. The van der Waals surface area contributed by atoms with Gasteiger partial charge in [0.25, 0.3) is 14.3 Å². The molecule has 2 nitrogen and oxygen atoms in total. The van der Waals surface area contributed by atoms with Gasteiger partial charge in [0.15, 0.2) is 0 Å². The fraction of sp³-hybridized carbons (Fsp3) is 0.800. The maximum absolute atomic E-state index is 11.6. The topological polar surface area (TPSA) is 26.3 Å². The Morgan fingerprint density at radius 1 is 1.11 bits per heavy atom. The fourth-order valence-corrected chi connectivity index (χ4v) is 2.79. The van der Waals surface area contributed by atoms with Crippen molar-refractivity contribution in [3.8, 4) is 0 Å². The molecule has 0 fully saturated rings. The molecule has 0 heterocycles. The summed E-state index contributed by atoms with van der Waals surface area (Å²) in [7, 11) is -1.79. The Labute approximate surface area is 128 Å². The molecule has 0 bridgehead atoms. The molecule has 0 N–H and O–H groups in total. The molecular formula is C15H29BrO2Si. The van der Waals surface area contributed by atoms with E-state index in [2.05, 4.69) is 48.1 Å². The summed E-state index contributed by atoms with van der Waals surface area (Å²) < 4.78 is 5.49. The Bertz CT molecular complexity index is 265. The van der Waals surface area contributed by atoms with Gasteiger partial charge in [-0.3, -0.25) is 4.79 Å². The van der Waals surface area contributed by atoms with E-state index in [0.29, 0.717) is 6.42 Å². The first kappa shape index (κ1) is 18.9. The molecule has 0 atom stereocenters. The lowest BCUT2D eigenvalue weighted by atomic mass is 10.1. The molecule has 0 aromatic heterocycles. The molecule has 112 valence electrons. The minimum Gasteiger partial charge on any atom is -0.519 e. The van der Waals surface area contributed by atoms with Crippen LogP contribution < -0.4 is 0 Å². The maximum atomic E-state index is 11.6. The third-order valence-electron chi connectivity index (χ3n) is 2.85. The molecule has 0 aromatic rings. The second kappa shape index (κ2) is 11.7. The van der Waals surface area contributed by atoms with Gasteiger partial charge in [-0.2, -0.15) is 0 Å². The predicted molar refractivity (Wildman–Crippen MR) is 89.1 cm³/mol. The largest absolute Gasteiger partial charge is 0.519 e. The summed E-state index contributed by atoms with van der Waals surface area (Å²) in [5, 5.41) is 0. The summed E-state index contributed by atoms with van der Waals surface area (Å²) >= 11 is 3.40. The summed E-state index contributed by atoms with van der Waals surface area (Å²) in [6.07, 6.45) is 13.3. The Morgan fingerprint density at radius 3 is 2.32 bits per heavy atom. The smallest absolute Gasteiger partial charge is 0.292 e. The van der Waals surface area contributed by atoms with E-state index in [4.69, 9.17) is 4.43 Å². The summed E-state index contributed by atoms with van der Waals surface area (Å²) in [6, 6.07) is 0. The molecule has 0 aliphatic heterocycles. The monoisotopic (exact) mass is 348 g/mol. The first-order valence-electron chi connectivity index (χ1n) is 7.44. The molecule has 19 heavy (non-hydrogen) atoms. The third-order valence-corrected chi connectivity index (χ3v) is 8.33. The second-order valence-corrected chi connectivity index (χ2v) is 11.3. The molecule has 0 amide bonds. The highest BCUT2D eigenvalue weighted by Gasteiger charge is 2.24. The van der Waals surface area contributed by atoms with Crippen LogP contribution in [0.3, 0.4) is 0 Å². The van der Waals surface area contributed by atoms with Gasteiger partial charge >= 0.3 is 0 Å². The van der Waals surface area contributed by atoms with Crippen LogP contribution in [0.4, 0.5) is 0 Å². The van der Waals surface area contributed by atoms with Crippen molar-refractivity contribution in [1.29, 1.82) is 0 Å². The Hall–Kier alpha value is -0.0931. The number of carbonyl (C=O) groups is 1. The third kappa shape index (κ3) is 12.7. The van der Waals surface area contributed by atoms with Crippen molar-refractivity contribution in [1.82, 2.24) is 0 Å². The average molecular weight is 349 g/mol. The van der Waals surface area contributed by atoms with Crippen LogP contribution >= 0.6 is 15.9 Å². The van der Waals surface area contributed by atoms with Crippen LogP contribution in [0.1, 0.15) is 58.3 Å². The predicted octanol–water partition coefficient (Wildman–Crippen LogP) is 5.37. The molecule has 0 aromatic carbocycles. The summed E-state index contributed by atoms with van der Waals surface area (Å²) in [5.41, 5.74) is 0. The van der Waals surface area contributed by atoms with Gasteiger partial charge in [-0.25, -0.2) is 0 Å². The number of carbonyl (C=O) groups excluding carboxylic acids is 1. The van der Waals surface area contributed by atoms with Gasteiger partial charge in [0.2, 0.25) is 0 Å². The van der Waals surface area contributed by atoms with E-state index in [9.17, 15) is 4.79 Å². The van der Waals surface area contributed by atoms with Gasteiger partial charge in [-0.15, -0.1) is 0 Å². The van der Waals surface area contributed by atoms with Crippen LogP contribution in [0.2, 0.25) is 13.1 Å². The molecule has 0 aliphatic carbocycles. The van der Waals surface area contributed by atoms with Crippen molar-refractivity contribution >= 4 is 30.2 Å². The highest BCUT2D eigenvalue weighted by Crippen LogP contribution is 2.11. The SMILES string of the molecule is CCCCCC/C=C\CCCC(=O)O[Si](C)(C)CBr. The molecule has 0 unspecified atom stereocenters. The first-order valence-corrected chi connectivity index (χ1v) is 11.7. The molecule has 0 radical (unpaired) electrons. The van der Waals surface area contributed by atoms with Gasteiger partial charge in [-0.05, 0) is 38.8 Å². The van der Waals surface area contributed by atoms with E-state index in [-0.39, 0.29) is 5.97 Å². The number of hydrogen-bond acceptors (Lipinski definition) is 2. The summed E-state index contributed by atoms with van der Waals surface area (Å²) in [5.74, 6) is -0.0348. The number of allylic oxidation sites excluding steroid dienone is 2. The first-order chi connectivity index (χ1) is 9.02. The van der Waals surface area contributed by atoms with Crippen molar-refractivity contribution in [3.05, 3.63) is 12.2 Å². The molecule has 4 heteroatoms. The summed E-state index contributed by atoms with van der Waals surface area (Å²) in [4.78, 5) is 12.4. The van der Waals surface area contributed by atoms with E-state index in [1.165, 1.54) is 32.1 Å². The zero-order valence-electron chi connectivity index (χ0n) is 12.7. The molecular weight excluding hydrogens is 320 g/mol. The number of unbranched alkanes of at least 4 members (excludes halogenated alkanes) is 5. The zero-order valence-corrected chi connectivity index (χ0v) is 15.3. The minimum absolute atomic E-state index is 0.0348. The number of halogens is 1. The molecule has 0 spiro atoms. The van der Waals surface area contributed by atoms with Crippen molar-refractivity contribution in [2.24, 2.45) is 0 Å². The lowest BCUT2D eigenvalue weighted by molar-refractivity contribution is -0.135. The summed E-state index contributed by atoms with van der Waals surface area (Å²) in [6.45, 7) is 6.33. The van der Waals surface area contributed by atoms with Gasteiger partial charge < -0.3 is 4.43 Å². The lowest BCUT2D eigenvalue weighted by Gasteiger charge is -2.19. The van der Waals surface area contributed by atoms with Crippen molar-refractivity contribution in [2.75, 3.05) is 4.95 Å². The van der Waals surface area contributed by atoms with Crippen LogP contribution in [0, 0.1) is 0 Å². The fourth-order valence-electron chi connectivity index (χ4n) is 1.68. The molecule has 0 rings (SSSR count). The van der Waals surface area contributed by atoms with E-state index < -0.39 is 8.32 Å². The zero-order chi connectivity index (χ0) is 14.6. The van der Waals surface area contributed by atoms with Crippen molar-refractivity contribution in [2.45, 2.75) is 71.4 Å². The van der Waals surface area contributed by atoms with Gasteiger partial charge in [-0.1, -0.05) is 54.3 Å². The number of rotatable bonds is 11. The number of hydrogen-bond donors (Lipinski definition) is 0. The standard InChI is InChI=1S/C15H29BrO2Si/c1-4-5-6-7-8-9-10-11-12-13-15(17)18-19(2,3)14-16/h9-10H,4-8,11-14H2,1-3H3/b10-9-. The Kier molecular flexibility index (Phi) is 11.7. The lowest BCUT2D eigenvalue weighted by Crippen LogP contribution is -2.35. The van der Waals surface area contributed by atoms with E-state index >= 15 is 0 Å². The van der Waals surface area contributed by atoms with Crippen molar-refractivity contribution in [3.63, 3.8) is 0 Å². The normalized spacial score (nSPS) is 12.0. The van der Waals surface area contributed by atoms with E-state index in [1.807, 2.05) is 0 Å².